The zero-order valence-corrected chi connectivity index (χ0v) is 19.0. The van der Waals surface area contributed by atoms with E-state index in [0.717, 1.165) is 21.2 Å². The van der Waals surface area contributed by atoms with E-state index in [1.54, 1.807) is 30.5 Å². The Labute approximate surface area is 197 Å². The minimum absolute atomic E-state index is 0.278. The van der Waals surface area contributed by atoms with Crippen LogP contribution in [0.3, 0.4) is 0 Å². The van der Waals surface area contributed by atoms with Crippen LogP contribution >= 0.6 is 15.9 Å². The molecule has 0 saturated carbocycles. The van der Waals surface area contributed by atoms with Crippen molar-refractivity contribution in [3.05, 3.63) is 106 Å². The van der Waals surface area contributed by atoms with Crippen LogP contribution in [0.4, 0.5) is 0 Å². The maximum absolute atomic E-state index is 13.3. The van der Waals surface area contributed by atoms with Crippen molar-refractivity contribution in [1.29, 1.82) is 0 Å². The fourth-order valence-electron chi connectivity index (χ4n) is 3.44. The lowest BCUT2D eigenvalue weighted by atomic mass is 10.2. The largest absolute Gasteiger partial charge is 0.490 e. The lowest BCUT2D eigenvalue weighted by Crippen LogP contribution is -2.20. The van der Waals surface area contributed by atoms with Crippen molar-refractivity contribution in [2.45, 2.75) is 0 Å². The van der Waals surface area contributed by atoms with E-state index in [4.69, 9.17) is 14.1 Å². The van der Waals surface area contributed by atoms with Gasteiger partial charge in [-0.05, 0) is 66.2 Å². The molecule has 0 saturated heterocycles. The molecule has 0 aliphatic heterocycles. The average Bonchev–Trinajstić information content (AvgIpc) is 3.26. The highest BCUT2D eigenvalue weighted by atomic mass is 79.9. The van der Waals surface area contributed by atoms with E-state index in [9.17, 15) is 4.79 Å². The predicted molar refractivity (Wildman–Crippen MR) is 134 cm³/mol. The molecular weight excluding hydrogens is 482 g/mol. The van der Waals surface area contributed by atoms with Crippen molar-refractivity contribution in [2.24, 2.45) is 5.10 Å². The normalized spacial score (nSPS) is 11.4. The van der Waals surface area contributed by atoms with Crippen LogP contribution in [-0.4, -0.2) is 22.5 Å². The summed E-state index contributed by atoms with van der Waals surface area (Å²) in [6.45, 7) is 4.08. The minimum Gasteiger partial charge on any atom is -0.490 e. The SMILES string of the molecule is C=CCOc1ccc(C=Nn2c(-c3cc4cc(Br)ccc4o3)nc3ccccc3c2=O)cc1. The van der Waals surface area contributed by atoms with Crippen LogP contribution in [0.5, 0.6) is 5.75 Å². The van der Waals surface area contributed by atoms with E-state index in [0.29, 0.717) is 34.7 Å². The number of benzene rings is 3. The molecule has 3 aromatic carbocycles. The third kappa shape index (κ3) is 4.23. The molecule has 0 fully saturated rings. The highest BCUT2D eigenvalue weighted by Crippen LogP contribution is 2.29. The molecule has 0 aliphatic carbocycles. The van der Waals surface area contributed by atoms with Crippen LogP contribution in [0.25, 0.3) is 33.5 Å². The number of ether oxygens (including phenoxy) is 1. The first-order valence-electron chi connectivity index (χ1n) is 10.2. The van der Waals surface area contributed by atoms with Crippen molar-refractivity contribution >= 4 is 44.0 Å². The number of nitrogens with zero attached hydrogens (tertiary/aromatic N) is 3. The molecule has 0 N–H and O–H groups in total. The third-order valence-electron chi connectivity index (χ3n) is 5.02. The average molecular weight is 500 g/mol. The van der Waals surface area contributed by atoms with E-state index in [1.165, 1.54) is 4.68 Å². The maximum atomic E-state index is 13.3. The molecule has 0 spiro atoms. The molecule has 0 atom stereocenters. The lowest BCUT2D eigenvalue weighted by Gasteiger charge is -2.07. The second-order valence-corrected chi connectivity index (χ2v) is 8.19. The van der Waals surface area contributed by atoms with E-state index >= 15 is 0 Å². The van der Waals surface area contributed by atoms with Crippen molar-refractivity contribution in [3.63, 3.8) is 0 Å². The van der Waals surface area contributed by atoms with Crippen LogP contribution in [0.1, 0.15) is 5.56 Å². The van der Waals surface area contributed by atoms with Crippen molar-refractivity contribution in [1.82, 2.24) is 9.66 Å². The first-order valence-corrected chi connectivity index (χ1v) is 11.0. The Hall–Kier alpha value is -3.97. The summed E-state index contributed by atoms with van der Waals surface area (Å²) in [5.41, 5.74) is 1.80. The zero-order valence-electron chi connectivity index (χ0n) is 17.4. The summed E-state index contributed by atoms with van der Waals surface area (Å²) in [6, 6.07) is 22.2. The Morgan fingerprint density at radius 3 is 2.73 bits per heavy atom. The molecule has 0 aliphatic rings. The predicted octanol–water partition coefficient (Wildman–Crippen LogP) is 6.02. The van der Waals surface area contributed by atoms with E-state index in [2.05, 4.69) is 27.6 Å². The van der Waals surface area contributed by atoms with Gasteiger partial charge in [0, 0.05) is 9.86 Å². The number of rotatable bonds is 6. The molecule has 5 rings (SSSR count). The molecule has 2 aromatic heterocycles. The molecule has 0 radical (unpaired) electrons. The molecule has 5 aromatic rings. The van der Waals surface area contributed by atoms with Gasteiger partial charge < -0.3 is 9.15 Å². The van der Waals surface area contributed by atoms with Gasteiger partial charge in [0.25, 0.3) is 5.56 Å². The Morgan fingerprint density at radius 1 is 1.09 bits per heavy atom. The Bertz CT molecular complexity index is 1570. The number of furan rings is 1. The summed E-state index contributed by atoms with van der Waals surface area (Å²) in [6.07, 6.45) is 3.30. The lowest BCUT2D eigenvalue weighted by molar-refractivity contribution is 0.363. The molecule has 0 unspecified atom stereocenters. The monoisotopic (exact) mass is 499 g/mol. The van der Waals surface area contributed by atoms with Gasteiger partial charge in [0.2, 0.25) is 5.82 Å². The second-order valence-electron chi connectivity index (χ2n) is 7.28. The van der Waals surface area contributed by atoms with Crippen LogP contribution in [0.15, 0.2) is 104 Å². The van der Waals surface area contributed by atoms with Gasteiger partial charge in [0.15, 0.2) is 5.76 Å². The van der Waals surface area contributed by atoms with Crippen LogP contribution in [0.2, 0.25) is 0 Å². The molecule has 0 amide bonds. The van der Waals surface area contributed by atoms with Crippen LogP contribution < -0.4 is 10.3 Å². The maximum Gasteiger partial charge on any atom is 0.282 e. The summed E-state index contributed by atoms with van der Waals surface area (Å²) in [4.78, 5) is 18.0. The quantitative estimate of drug-likeness (QED) is 0.211. The Kier molecular flexibility index (Phi) is 5.62. The Morgan fingerprint density at radius 2 is 1.91 bits per heavy atom. The fraction of sp³-hybridized carbons (Fsp3) is 0.0385. The van der Waals surface area contributed by atoms with Crippen LogP contribution in [-0.2, 0) is 0 Å². The minimum atomic E-state index is -0.278. The van der Waals surface area contributed by atoms with E-state index in [-0.39, 0.29) is 5.56 Å². The fourth-order valence-corrected chi connectivity index (χ4v) is 3.82. The van der Waals surface area contributed by atoms with Gasteiger partial charge in [-0.3, -0.25) is 4.79 Å². The van der Waals surface area contributed by atoms with Gasteiger partial charge in [-0.2, -0.15) is 9.78 Å². The van der Waals surface area contributed by atoms with Crippen LogP contribution in [0, 0.1) is 0 Å². The summed E-state index contributed by atoms with van der Waals surface area (Å²) in [5, 5.41) is 5.85. The topological polar surface area (TPSA) is 69.6 Å². The third-order valence-corrected chi connectivity index (χ3v) is 5.52. The molecule has 162 valence electrons. The van der Waals surface area contributed by atoms with Crippen molar-refractivity contribution < 1.29 is 9.15 Å². The van der Waals surface area contributed by atoms with Gasteiger partial charge in [-0.1, -0.05) is 40.7 Å². The highest BCUT2D eigenvalue weighted by Gasteiger charge is 2.16. The molecule has 2 heterocycles. The molecule has 7 heteroatoms. The summed E-state index contributed by atoms with van der Waals surface area (Å²) in [5.74, 6) is 1.51. The molecule has 0 bridgehead atoms. The molecule has 6 nitrogen and oxygen atoms in total. The van der Waals surface area contributed by atoms with Gasteiger partial charge in [0.1, 0.15) is 17.9 Å². The number of fused-ring (bicyclic) bond motifs is 2. The van der Waals surface area contributed by atoms with E-state index in [1.807, 2.05) is 54.6 Å². The summed E-state index contributed by atoms with van der Waals surface area (Å²) < 4.78 is 13.7. The van der Waals surface area contributed by atoms with Crippen molar-refractivity contribution in [2.75, 3.05) is 6.61 Å². The number of para-hydroxylation sites is 1. The highest BCUT2D eigenvalue weighted by molar-refractivity contribution is 9.10. The van der Waals surface area contributed by atoms with Gasteiger partial charge in [-0.15, -0.1) is 0 Å². The molecular formula is C26H18BrN3O3. The first-order chi connectivity index (χ1) is 16.1. The first kappa shape index (κ1) is 20.9. The van der Waals surface area contributed by atoms with E-state index < -0.39 is 0 Å². The van der Waals surface area contributed by atoms with Gasteiger partial charge >= 0.3 is 0 Å². The summed E-state index contributed by atoms with van der Waals surface area (Å²) >= 11 is 3.48. The smallest absolute Gasteiger partial charge is 0.282 e. The number of aromatic nitrogens is 2. The second kappa shape index (κ2) is 8.88. The number of halogens is 1. The van der Waals surface area contributed by atoms with Gasteiger partial charge in [0.05, 0.1) is 17.1 Å². The zero-order chi connectivity index (χ0) is 22.8. The number of hydrogen-bond acceptors (Lipinski definition) is 5. The Balaban J connectivity index is 1.62. The standard InChI is InChI=1S/C26H18BrN3O3/c1-2-13-32-20-10-7-17(8-11-20)16-28-30-25(29-22-6-4-3-5-21(22)26(30)31)24-15-18-14-19(27)9-12-23(18)33-24/h2-12,14-16H,1,13H2. The van der Waals surface area contributed by atoms with Crippen molar-refractivity contribution in [3.8, 4) is 17.3 Å². The molecule has 33 heavy (non-hydrogen) atoms. The number of hydrogen-bond donors (Lipinski definition) is 0. The van der Waals surface area contributed by atoms with Gasteiger partial charge in [-0.25, -0.2) is 4.98 Å². The summed E-state index contributed by atoms with van der Waals surface area (Å²) in [7, 11) is 0.